The van der Waals surface area contributed by atoms with Gasteiger partial charge < -0.3 is 19.3 Å². The molecule has 2 aromatic carbocycles. The van der Waals surface area contributed by atoms with Crippen LogP contribution in [-0.2, 0) is 19.1 Å². The van der Waals surface area contributed by atoms with Crippen LogP contribution < -0.4 is 4.90 Å². The quantitative estimate of drug-likeness (QED) is 0.616. The number of esters is 2. The molecule has 2 aromatic rings. The average Bonchev–Trinajstić information content (AvgIpc) is 2.86. The first kappa shape index (κ1) is 23.8. The van der Waals surface area contributed by atoms with E-state index in [-0.39, 0.29) is 5.91 Å². The van der Waals surface area contributed by atoms with Crippen LogP contribution in [0.5, 0.6) is 0 Å². The number of thioether (sulfide) groups is 1. The number of hydrogen-bond donors (Lipinski definition) is 0. The summed E-state index contributed by atoms with van der Waals surface area (Å²) in [7, 11) is 5.17. The summed E-state index contributed by atoms with van der Waals surface area (Å²) >= 11 is 1.34. The number of carbonyl (C=O) groups excluding carboxylic acids is 3. The van der Waals surface area contributed by atoms with Gasteiger partial charge in [0.2, 0.25) is 0 Å². The molecule has 1 heterocycles. The second-order valence-electron chi connectivity index (χ2n) is 7.92. The van der Waals surface area contributed by atoms with E-state index in [1.807, 2.05) is 56.3 Å². The Bertz CT molecular complexity index is 1010. The Balaban J connectivity index is 2.20. The summed E-state index contributed by atoms with van der Waals surface area (Å²) in [5.41, 5.74) is 2.89. The third kappa shape index (κ3) is 5.14. The fourth-order valence-corrected chi connectivity index (χ4v) is 4.96. The van der Waals surface area contributed by atoms with Gasteiger partial charge in [0.05, 0.1) is 23.6 Å². The maximum atomic E-state index is 13.8. The van der Waals surface area contributed by atoms with Crippen LogP contribution in [-0.4, -0.2) is 63.1 Å². The smallest absolute Gasteiger partial charge is 0.339 e. The minimum atomic E-state index is -1.04. The van der Waals surface area contributed by atoms with Crippen LogP contribution in [0.15, 0.2) is 47.4 Å². The molecule has 0 N–H and O–H groups in total. The second-order valence-corrected chi connectivity index (χ2v) is 9.07. The molecule has 0 aromatic heterocycles. The number of fused-ring (bicyclic) bond motifs is 1. The van der Waals surface area contributed by atoms with Gasteiger partial charge in [-0.15, -0.1) is 11.8 Å². The molecule has 8 heteroatoms. The molecule has 3 rings (SSSR count). The van der Waals surface area contributed by atoms with Gasteiger partial charge in [-0.2, -0.15) is 0 Å². The van der Waals surface area contributed by atoms with E-state index in [2.05, 4.69) is 0 Å². The molecule has 0 aliphatic carbocycles. The Kier molecular flexibility index (Phi) is 7.58. The Hall–Kier alpha value is -2.84. The highest BCUT2D eigenvalue weighted by molar-refractivity contribution is 8.00. The molecule has 32 heavy (non-hydrogen) atoms. The number of anilines is 1. The van der Waals surface area contributed by atoms with E-state index in [9.17, 15) is 14.4 Å². The monoisotopic (exact) mass is 456 g/mol. The molecular formula is C24H28N2O5S. The van der Waals surface area contributed by atoms with E-state index < -0.39 is 23.3 Å². The molecule has 2 atom stereocenters. The molecule has 0 unspecified atom stereocenters. The molecule has 0 spiro atoms. The van der Waals surface area contributed by atoms with Crippen molar-refractivity contribution in [1.29, 1.82) is 0 Å². The molecule has 7 nitrogen and oxygen atoms in total. The SMILES string of the molecule is COC(=O)c1cccc2c1S[C@@H](c1ccc(C)cc1)[C@@H](OC(C)=O)C(=O)N2CCN(C)C. The number of likely N-dealkylation sites (N-methyl/N-ethyl adjacent to an activating group) is 1. The number of benzene rings is 2. The molecule has 0 saturated heterocycles. The van der Waals surface area contributed by atoms with E-state index in [0.717, 1.165) is 11.1 Å². The Morgan fingerprint density at radius 2 is 1.81 bits per heavy atom. The molecule has 170 valence electrons. The summed E-state index contributed by atoms with van der Waals surface area (Å²) in [4.78, 5) is 42.5. The normalized spacial score (nSPS) is 18.2. The molecule has 1 aliphatic heterocycles. The van der Waals surface area contributed by atoms with Crippen molar-refractivity contribution in [3.05, 3.63) is 59.2 Å². The highest BCUT2D eigenvalue weighted by Gasteiger charge is 2.42. The zero-order valence-corrected chi connectivity index (χ0v) is 19.8. The lowest BCUT2D eigenvalue weighted by molar-refractivity contribution is -0.152. The van der Waals surface area contributed by atoms with Crippen molar-refractivity contribution in [2.45, 2.75) is 30.1 Å². The van der Waals surface area contributed by atoms with Crippen molar-refractivity contribution in [2.75, 3.05) is 39.2 Å². The minimum absolute atomic E-state index is 0.319. The summed E-state index contributed by atoms with van der Waals surface area (Å²) in [6.45, 7) is 4.25. The minimum Gasteiger partial charge on any atom is -0.465 e. The zero-order valence-electron chi connectivity index (χ0n) is 19.0. The van der Waals surface area contributed by atoms with Crippen molar-refractivity contribution in [3.8, 4) is 0 Å². The Morgan fingerprint density at radius 1 is 1.12 bits per heavy atom. The second kappa shape index (κ2) is 10.2. The maximum absolute atomic E-state index is 13.8. The summed E-state index contributed by atoms with van der Waals surface area (Å²) in [5.74, 6) is -1.34. The number of hydrogen-bond acceptors (Lipinski definition) is 7. The van der Waals surface area contributed by atoms with Crippen LogP contribution >= 0.6 is 11.8 Å². The van der Waals surface area contributed by atoms with Crippen molar-refractivity contribution >= 4 is 35.3 Å². The van der Waals surface area contributed by atoms with Crippen molar-refractivity contribution in [2.24, 2.45) is 0 Å². The highest BCUT2D eigenvalue weighted by Crippen LogP contribution is 2.48. The van der Waals surface area contributed by atoms with Gasteiger partial charge in [-0.25, -0.2) is 4.79 Å². The Morgan fingerprint density at radius 3 is 2.41 bits per heavy atom. The fourth-order valence-electron chi connectivity index (χ4n) is 3.54. The Labute approximate surface area is 192 Å². The molecule has 1 aliphatic rings. The number of nitrogens with zero attached hydrogens (tertiary/aromatic N) is 2. The number of amides is 1. The average molecular weight is 457 g/mol. The number of aryl methyl sites for hydroxylation is 1. The molecule has 1 amide bonds. The van der Waals surface area contributed by atoms with Gasteiger partial charge in [0, 0.05) is 24.9 Å². The highest BCUT2D eigenvalue weighted by atomic mass is 32.2. The van der Waals surface area contributed by atoms with Gasteiger partial charge in [0.1, 0.15) is 0 Å². The number of rotatable bonds is 6. The first-order valence-corrected chi connectivity index (χ1v) is 11.2. The third-order valence-corrected chi connectivity index (χ3v) is 6.63. The summed E-state index contributed by atoms with van der Waals surface area (Å²) in [6, 6.07) is 13.0. The van der Waals surface area contributed by atoms with E-state index in [1.54, 1.807) is 17.0 Å². The summed E-state index contributed by atoms with van der Waals surface area (Å²) in [5, 5.41) is -0.527. The maximum Gasteiger partial charge on any atom is 0.339 e. The van der Waals surface area contributed by atoms with Crippen LogP contribution in [0, 0.1) is 6.92 Å². The van der Waals surface area contributed by atoms with Crippen molar-refractivity contribution in [1.82, 2.24) is 4.90 Å². The van der Waals surface area contributed by atoms with Gasteiger partial charge in [-0.05, 0) is 38.7 Å². The molecule has 0 fully saturated rings. The van der Waals surface area contributed by atoms with Gasteiger partial charge >= 0.3 is 11.9 Å². The molecule has 0 saturated carbocycles. The zero-order chi connectivity index (χ0) is 23.4. The van der Waals surface area contributed by atoms with Gasteiger partial charge in [0.15, 0.2) is 6.10 Å². The number of carbonyl (C=O) groups is 3. The predicted molar refractivity (Wildman–Crippen MR) is 124 cm³/mol. The lowest BCUT2D eigenvalue weighted by Crippen LogP contribution is -2.45. The molecular weight excluding hydrogens is 428 g/mol. The first-order valence-electron chi connectivity index (χ1n) is 10.3. The van der Waals surface area contributed by atoms with Gasteiger partial charge in [0.25, 0.3) is 5.91 Å². The van der Waals surface area contributed by atoms with Crippen LogP contribution in [0.3, 0.4) is 0 Å². The van der Waals surface area contributed by atoms with E-state index in [4.69, 9.17) is 9.47 Å². The summed E-state index contributed by atoms with van der Waals surface area (Å²) < 4.78 is 10.6. The van der Waals surface area contributed by atoms with E-state index in [0.29, 0.717) is 29.2 Å². The largest absolute Gasteiger partial charge is 0.465 e. The standard InChI is InChI=1S/C24H28N2O5S/c1-15-9-11-17(12-10-15)21-20(31-16(2)27)23(28)26(14-13-25(3)4)19-8-6-7-18(22(19)32-21)24(29)30-5/h6-12,20-21H,13-14H2,1-5H3/t20-,21+/m1/s1. The van der Waals surface area contributed by atoms with Gasteiger partial charge in [-0.1, -0.05) is 35.9 Å². The lowest BCUT2D eigenvalue weighted by Gasteiger charge is -2.28. The van der Waals surface area contributed by atoms with E-state index >= 15 is 0 Å². The van der Waals surface area contributed by atoms with Crippen LogP contribution in [0.2, 0.25) is 0 Å². The molecule has 0 bridgehead atoms. The van der Waals surface area contributed by atoms with Crippen LogP contribution in [0.25, 0.3) is 0 Å². The van der Waals surface area contributed by atoms with E-state index in [1.165, 1.54) is 25.8 Å². The first-order chi connectivity index (χ1) is 15.2. The predicted octanol–water partition coefficient (Wildman–Crippen LogP) is 3.45. The fraction of sp³-hybridized carbons (Fsp3) is 0.375. The number of ether oxygens (including phenoxy) is 2. The van der Waals surface area contributed by atoms with Crippen LogP contribution in [0.1, 0.15) is 33.7 Å². The van der Waals surface area contributed by atoms with Gasteiger partial charge in [-0.3, -0.25) is 9.59 Å². The lowest BCUT2D eigenvalue weighted by atomic mass is 10.0. The summed E-state index contributed by atoms with van der Waals surface area (Å²) in [6.07, 6.45) is -1.04. The topological polar surface area (TPSA) is 76.1 Å². The number of methoxy groups -OCH3 is 1. The third-order valence-electron chi connectivity index (χ3n) is 5.19. The molecule has 0 radical (unpaired) electrons. The van der Waals surface area contributed by atoms with Crippen LogP contribution in [0.4, 0.5) is 5.69 Å². The van der Waals surface area contributed by atoms with Crippen molar-refractivity contribution in [3.63, 3.8) is 0 Å². The van der Waals surface area contributed by atoms with Crippen molar-refractivity contribution < 1.29 is 23.9 Å².